The summed E-state index contributed by atoms with van der Waals surface area (Å²) in [6, 6.07) is 11.6. The molecule has 2 heterocycles. The number of rotatable bonds is 5. The van der Waals surface area contributed by atoms with Gasteiger partial charge in [0.25, 0.3) is 5.56 Å². The molecule has 8 heteroatoms. The number of aromatic amines is 1. The van der Waals surface area contributed by atoms with Crippen molar-refractivity contribution in [3.63, 3.8) is 0 Å². The monoisotopic (exact) mass is 474 g/mol. The van der Waals surface area contributed by atoms with Crippen LogP contribution in [0, 0.1) is 0 Å². The van der Waals surface area contributed by atoms with Gasteiger partial charge in [-0.25, -0.2) is 4.79 Å². The fourth-order valence-electron chi connectivity index (χ4n) is 4.52. The first-order chi connectivity index (χ1) is 15.0. The molecule has 0 bridgehead atoms. The minimum absolute atomic E-state index is 0.0192. The molecule has 1 spiro atoms. The van der Waals surface area contributed by atoms with Gasteiger partial charge in [-0.2, -0.15) is 0 Å². The predicted octanol–water partition coefficient (Wildman–Crippen LogP) is 4.93. The second-order valence-corrected chi connectivity index (χ2v) is 16.6. The van der Waals surface area contributed by atoms with E-state index in [4.69, 9.17) is 9.16 Å². The van der Waals surface area contributed by atoms with Crippen LogP contribution < -0.4 is 11.2 Å². The molecule has 6 nitrogen and oxygen atoms in total. The van der Waals surface area contributed by atoms with Gasteiger partial charge < -0.3 is 9.16 Å². The summed E-state index contributed by atoms with van der Waals surface area (Å²) >= 11 is 1.73. The Kier molecular flexibility index (Phi) is 6.35. The van der Waals surface area contributed by atoms with Crippen LogP contribution >= 0.6 is 11.8 Å². The normalized spacial score (nSPS) is 28.5. The van der Waals surface area contributed by atoms with E-state index in [1.807, 2.05) is 18.2 Å². The van der Waals surface area contributed by atoms with E-state index in [2.05, 4.69) is 51.0 Å². The van der Waals surface area contributed by atoms with Gasteiger partial charge in [0, 0.05) is 17.2 Å². The van der Waals surface area contributed by atoms with Crippen molar-refractivity contribution in [1.29, 1.82) is 0 Å². The van der Waals surface area contributed by atoms with Gasteiger partial charge in [0.2, 0.25) is 0 Å². The molecule has 174 valence electrons. The third-order valence-corrected chi connectivity index (χ3v) is 13.0. The third kappa shape index (κ3) is 4.55. The highest BCUT2D eigenvalue weighted by atomic mass is 32.2. The van der Waals surface area contributed by atoms with E-state index < -0.39 is 31.4 Å². The summed E-state index contributed by atoms with van der Waals surface area (Å²) in [5.41, 5.74) is -1.24. The van der Waals surface area contributed by atoms with Gasteiger partial charge in [0.15, 0.2) is 14.5 Å². The van der Waals surface area contributed by atoms with Crippen molar-refractivity contribution in [2.45, 2.75) is 92.7 Å². The quantitative estimate of drug-likeness (QED) is 0.622. The largest absolute Gasteiger partial charge is 0.411 e. The van der Waals surface area contributed by atoms with Gasteiger partial charge in [-0.1, -0.05) is 39.0 Å². The zero-order chi connectivity index (χ0) is 23.1. The molecule has 1 aliphatic heterocycles. The van der Waals surface area contributed by atoms with E-state index in [-0.39, 0.29) is 16.4 Å². The molecule has 0 unspecified atom stereocenters. The van der Waals surface area contributed by atoms with Gasteiger partial charge in [-0.05, 0) is 55.9 Å². The molecule has 2 fully saturated rings. The van der Waals surface area contributed by atoms with Gasteiger partial charge in [0.1, 0.15) is 0 Å². The minimum Gasteiger partial charge on any atom is -0.411 e. The summed E-state index contributed by atoms with van der Waals surface area (Å²) in [6.45, 7) is 11.3. The zero-order valence-corrected chi connectivity index (χ0v) is 21.4. The Morgan fingerprint density at radius 1 is 1.19 bits per heavy atom. The fourth-order valence-corrected chi connectivity index (χ4v) is 7.25. The molecule has 4 atom stereocenters. The molecule has 0 radical (unpaired) electrons. The molecule has 1 saturated heterocycles. The first-order valence-electron chi connectivity index (χ1n) is 11.4. The van der Waals surface area contributed by atoms with Crippen LogP contribution in [0.3, 0.4) is 0 Å². The summed E-state index contributed by atoms with van der Waals surface area (Å²) in [4.78, 5) is 27.8. The Morgan fingerprint density at radius 2 is 1.91 bits per heavy atom. The molecule has 2 aromatic rings. The number of hydrogen-bond acceptors (Lipinski definition) is 5. The van der Waals surface area contributed by atoms with Gasteiger partial charge in [-0.15, -0.1) is 11.8 Å². The van der Waals surface area contributed by atoms with Gasteiger partial charge in [-0.3, -0.25) is 14.3 Å². The van der Waals surface area contributed by atoms with Crippen molar-refractivity contribution in [2.75, 3.05) is 0 Å². The van der Waals surface area contributed by atoms with E-state index in [0.29, 0.717) is 0 Å². The number of ether oxygens (including phenoxy) is 1. The van der Waals surface area contributed by atoms with Crippen LogP contribution in [0.5, 0.6) is 0 Å². The third-order valence-electron chi connectivity index (χ3n) is 7.27. The SMILES string of the molecule is CC(C)(C)[Si](C)(C)O[C@@H]1CCC[C@]12C[C@@H](Sc1ccccc1)[C@H](n1ccc(=O)[nH]c1=O)O2. The molecule has 32 heavy (non-hydrogen) atoms. The molecule has 1 saturated carbocycles. The van der Waals surface area contributed by atoms with E-state index >= 15 is 0 Å². The Morgan fingerprint density at radius 3 is 2.56 bits per heavy atom. The highest BCUT2D eigenvalue weighted by Crippen LogP contribution is 2.54. The Balaban J connectivity index is 1.68. The average molecular weight is 475 g/mol. The summed E-state index contributed by atoms with van der Waals surface area (Å²) in [5, 5.41) is 0.146. The summed E-state index contributed by atoms with van der Waals surface area (Å²) in [6.07, 6.45) is 4.87. The van der Waals surface area contributed by atoms with Gasteiger partial charge >= 0.3 is 5.69 Å². The number of nitrogens with zero attached hydrogens (tertiary/aromatic N) is 1. The highest BCUT2D eigenvalue weighted by molar-refractivity contribution is 8.00. The van der Waals surface area contributed by atoms with Crippen molar-refractivity contribution in [3.05, 3.63) is 63.4 Å². The Hall–Kier alpha value is -1.61. The van der Waals surface area contributed by atoms with Crippen molar-refractivity contribution in [2.24, 2.45) is 0 Å². The predicted molar refractivity (Wildman–Crippen MR) is 131 cm³/mol. The molecule has 2 aliphatic rings. The lowest BCUT2D eigenvalue weighted by Gasteiger charge is -2.42. The van der Waals surface area contributed by atoms with E-state index in [9.17, 15) is 9.59 Å². The maximum absolute atomic E-state index is 12.7. The Labute approximate surface area is 194 Å². The molecular weight excluding hydrogens is 440 g/mol. The number of thioether (sulfide) groups is 1. The lowest BCUT2D eigenvalue weighted by atomic mass is 9.96. The Bertz CT molecular complexity index is 1060. The van der Waals surface area contributed by atoms with Crippen LogP contribution in [-0.4, -0.2) is 34.8 Å². The minimum atomic E-state index is -1.98. The number of benzene rings is 1. The molecule has 4 rings (SSSR count). The van der Waals surface area contributed by atoms with Crippen LogP contribution in [0.15, 0.2) is 57.1 Å². The van der Waals surface area contributed by atoms with Crippen LogP contribution in [-0.2, 0) is 9.16 Å². The zero-order valence-electron chi connectivity index (χ0n) is 19.6. The van der Waals surface area contributed by atoms with Crippen molar-refractivity contribution in [3.8, 4) is 0 Å². The first kappa shape index (κ1) is 23.5. The molecule has 1 N–H and O–H groups in total. The lowest BCUT2D eigenvalue weighted by molar-refractivity contribution is -0.116. The van der Waals surface area contributed by atoms with Gasteiger partial charge in [0.05, 0.1) is 17.0 Å². The van der Waals surface area contributed by atoms with Crippen LogP contribution in [0.4, 0.5) is 0 Å². The maximum atomic E-state index is 12.7. The summed E-state index contributed by atoms with van der Waals surface area (Å²) in [7, 11) is -1.98. The number of hydrogen-bond donors (Lipinski definition) is 1. The number of aromatic nitrogens is 2. The lowest BCUT2D eigenvalue weighted by Crippen LogP contribution is -2.50. The molecule has 1 aromatic carbocycles. The standard InChI is InChI=1S/C24H34N2O4SSi/c1-23(2,3)32(4,5)30-19-12-9-14-24(19)16-18(31-17-10-7-6-8-11-17)21(29-24)26-15-13-20(27)25-22(26)28/h6-8,10-11,13,15,18-19,21H,9,12,14,16H2,1-5H3,(H,25,27,28)/t18-,19-,21-,24+/m1/s1. The van der Waals surface area contributed by atoms with Crippen molar-refractivity contribution >= 4 is 20.1 Å². The summed E-state index contributed by atoms with van der Waals surface area (Å²) < 4.78 is 15.2. The number of nitrogens with one attached hydrogen (secondary N) is 1. The first-order valence-corrected chi connectivity index (χ1v) is 15.2. The van der Waals surface area contributed by atoms with Crippen molar-refractivity contribution in [1.82, 2.24) is 9.55 Å². The van der Waals surface area contributed by atoms with E-state index in [1.54, 1.807) is 22.5 Å². The van der Waals surface area contributed by atoms with E-state index in [1.165, 1.54) is 6.07 Å². The van der Waals surface area contributed by atoms with Crippen LogP contribution in [0.2, 0.25) is 18.1 Å². The molecule has 1 aliphatic carbocycles. The van der Waals surface area contributed by atoms with E-state index in [0.717, 1.165) is 30.6 Å². The van der Waals surface area contributed by atoms with Crippen LogP contribution in [0.25, 0.3) is 0 Å². The fraction of sp³-hybridized carbons (Fsp3) is 0.583. The molecular formula is C24H34N2O4SSi. The van der Waals surface area contributed by atoms with Crippen molar-refractivity contribution < 1.29 is 9.16 Å². The van der Waals surface area contributed by atoms with Crippen LogP contribution in [0.1, 0.15) is 52.7 Å². The average Bonchev–Trinajstić information content (AvgIpc) is 3.25. The number of H-pyrrole nitrogens is 1. The molecule has 0 amide bonds. The smallest absolute Gasteiger partial charge is 0.330 e. The highest BCUT2D eigenvalue weighted by Gasteiger charge is 2.56. The topological polar surface area (TPSA) is 73.3 Å². The second kappa shape index (κ2) is 8.63. The second-order valence-electron chi connectivity index (χ2n) is 10.5. The summed E-state index contributed by atoms with van der Waals surface area (Å²) in [5.74, 6) is 0. The molecule has 1 aromatic heterocycles. The maximum Gasteiger partial charge on any atom is 0.330 e.